The van der Waals surface area contributed by atoms with Gasteiger partial charge in [0, 0.05) is 24.7 Å². The van der Waals surface area contributed by atoms with Crippen LogP contribution in [0.4, 0.5) is 11.4 Å². The number of carbonyl (C=O) groups is 1. The second kappa shape index (κ2) is 4.43. The highest BCUT2D eigenvalue weighted by molar-refractivity contribution is 5.96. The lowest BCUT2D eigenvalue weighted by atomic mass is 10.1. The van der Waals surface area contributed by atoms with Crippen LogP contribution >= 0.6 is 0 Å². The smallest absolute Gasteiger partial charge is 0.251 e. The van der Waals surface area contributed by atoms with Crippen LogP contribution in [0, 0.1) is 0 Å². The van der Waals surface area contributed by atoms with Crippen molar-refractivity contribution in [3.8, 4) is 0 Å². The average molecular weight is 219 g/mol. The van der Waals surface area contributed by atoms with Crippen molar-refractivity contribution in [2.75, 3.05) is 23.7 Å². The van der Waals surface area contributed by atoms with E-state index >= 15 is 0 Å². The number of carbonyl (C=O) groups excluding carboxylic acids is 1. The second-order valence-electron chi connectivity index (χ2n) is 4.24. The zero-order valence-corrected chi connectivity index (χ0v) is 9.63. The third-order valence-electron chi connectivity index (χ3n) is 2.46. The summed E-state index contributed by atoms with van der Waals surface area (Å²) in [5.74, 6) is -0.0230. The van der Waals surface area contributed by atoms with Crippen LogP contribution in [0.1, 0.15) is 24.2 Å². The molecule has 1 aromatic rings. The van der Waals surface area contributed by atoms with Gasteiger partial charge in [0.05, 0.1) is 11.4 Å². The Bertz CT molecular complexity index is 401. The van der Waals surface area contributed by atoms with Gasteiger partial charge in [-0.3, -0.25) is 4.79 Å². The number of amides is 1. The number of fused-ring (bicyclic) bond motifs is 1. The van der Waals surface area contributed by atoms with Gasteiger partial charge in [0.2, 0.25) is 0 Å². The normalized spacial score (nSPS) is 13.7. The third kappa shape index (κ3) is 2.27. The summed E-state index contributed by atoms with van der Waals surface area (Å²) in [6.07, 6.45) is 0. The van der Waals surface area contributed by atoms with E-state index in [0.717, 1.165) is 24.5 Å². The van der Waals surface area contributed by atoms with Gasteiger partial charge in [-0.15, -0.1) is 0 Å². The maximum Gasteiger partial charge on any atom is 0.251 e. The molecular formula is C12H17N3O. The van der Waals surface area contributed by atoms with Gasteiger partial charge in [0.15, 0.2) is 0 Å². The molecular weight excluding hydrogens is 202 g/mol. The van der Waals surface area contributed by atoms with Crippen LogP contribution in [0.2, 0.25) is 0 Å². The van der Waals surface area contributed by atoms with Crippen molar-refractivity contribution in [2.45, 2.75) is 19.9 Å². The SMILES string of the molecule is CC(C)NC(=O)c1ccc2c(c1)NCCN2. The number of anilines is 2. The van der Waals surface area contributed by atoms with Crippen molar-refractivity contribution in [3.05, 3.63) is 23.8 Å². The molecule has 86 valence electrons. The summed E-state index contributed by atoms with van der Waals surface area (Å²) in [5, 5.41) is 9.42. The summed E-state index contributed by atoms with van der Waals surface area (Å²) < 4.78 is 0. The minimum Gasteiger partial charge on any atom is -0.382 e. The Balaban J connectivity index is 2.19. The van der Waals surface area contributed by atoms with E-state index in [1.807, 2.05) is 32.0 Å². The molecule has 0 bridgehead atoms. The quantitative estimate of drug-likeness (QED) is 0.709. The van der Waals surface area contributed by atoms with Crippen LogP contribution < -0.4 is 16.0 Å². The van der Waals surface area contributed by atoms with Crippen LogP contribution in [0.15, 0.2) is 18.2 Å². The Labute approximate surface area is 95.4 Å². The lowest BCUT2D eigenvalue weighted by molar-refractivity contribution is 0.0943. The van der Waals surface area contributed by atoms with Crippen molar-refractivity contribution in [1.82, 2.24) is 5.32 Å². The van der Waals surface area contributed by atoms with Gasteiger partial charge in [0.1, 0.15) is 0 Å². The first-order valence-corrected chi connectivity index (χ1v) is 5.59. The summed E-state index contributed by atoms with van der Waals surface area (Å²) >= 11 is 0. The standard InChI is InChI=1S/C12H17N3O/c1-8(2)15-12(16)9-3-4-10-11(7-9)14-6-5-13-10/h3-4,7-8,13-14H,5-6H2,1-2H3,(H,15,16). The molecule has 0 spiro atoms. The number of hydrogen-bond donors (Lipinski definition) is 3. The summed E-state index contributed by atoms with van der Waals surface area (Å²) in [6, 6.07) is 5.83. The van der Waals surface area contributed by atoms with E-state index in [1.54, 1.807) is 0 Å². The molecule has 0 aliphatic carbocycles. The molecule has 1 amide bonds. The number of hydrogen-bond acceptors (Lipinski definition) is 3. The molecule has 0 unspecified atom stereocenters. The van der Waals surface area contributed by atoms with Gasteiger partial charge in [0.25, 0.3) is 5.91 Å². The summed E-state index contributed by atoms with van der Waals surface area (Å²) in [7, 11) is 0. The zero-order chi connectivity index (χ0) is 11.5. The zero-order valence-electron chi connectivity index (χ0n) is 9.63. The lowest BCUT2D eigenvalue weighted by Crippen LogP contribution is -2.30. The highest BCUT2D eigenvalue weighted by Gasteiger charge is 2.12. The first-order valence-electron chi connectivity index (χ1n) is 5.59. The summed E-state index contributed by atoms with van der Waals surface area (Å²) in [4.78, 5) is 11.8. The highest BCUT2D eigenvalue weighted by atomic mass is 16.1. The minimum atomic E-state index is -0.0230. The molecule has 0 fully saturated rings. The molecule has 0 saturated heterocycles. The van der Waals surface area contributed by atoms with E-state index in [0.29, 0.717) is 5.56 Å². The molecule has 0 radical (unpaired) electrons. The first-order chi connectivity index (χ1) is 7.66. The van der Waals surface area contributed by atoms with Crippen molar-refractivity contribution in [1.29, 1.82) is 0 Å². The van der Waals surface area contributed by atoms with Crippen LogP contribution in [0.3, 0.4) is 0 Å². The fraction of sp³-hybridized carbons (Fsp3) is 0.417. The Morgan fingerprint density at radius 2 is 1.94 bits per heavy atom. The van der Waals surface area contributed by atoms with Crippen LogP contribution in [0.25, 0.3) is 0 Å². The van der Waals surface area contributed by atoms with Gasteiger partial charge >= 0.3 is 0 Å². The molecule has 0 aromatic heterocycles. The van der Waals surface area contributed by atoms with E-state index in [1.165, 1.54) is 0 Å². The van der Waals surface area contributed by atoms with Crippen molar-refractivity contribution < 1.29 is 4.79 Å². The minimum absolute atomic E-state index is 0.0230. The molecule has 2 rings (SSSR count). The van der Waals surface area contributed by atoms with Gasteiger partial charge in [-0.1, -0.05) is 0 Å². The Kier molecular flexibility index (Phi) is 2.99. The topological polar surface area (TPSA) is 53.2 Å². The Morgan fingerprint density at radius 3 is 2.62 bits per heavy atom. The largest absolute Gasteiger partial charge is 0.382 e. The summed E-state index contributed by atoms with van der Waals surface area (Å²) in [5.41, 5.74) is 2.76. The van der Waals surface area contributed by atoms with E-state index in [-0.39, 0.29) is 11.9 Å². The number of benzene rings is 1. The lowest BCUT2D eigenvalue weighted by Gasteiger charge is -2.20. The average Bonchev–Trinajstić information content (AvgIpc) is 2.27. The second-order valence-corrected chi connectivity index (χ2v) is 4.24. The van der Waals surface area contributed by atoms with E-state index in [4.69, 9.17) is 0 Å². The molecule has 1 aliphatic heterocycles. The first kappa shape index (κ1) is 10.8. The van der Waals surface area contributed by atoms with Crippen molar-refractivity contribution in [3.63, 3.8) is 0 Å². The van der Waals surface area contributed by atoms with E-state index in [2.05, 4.69) is 16.0 Å². The highest BCUT2D eigenvalue weighted by Crippen LogP contribution is 2.25. The molecule has 3 N–H and O–H groups in total. The van der Waals surface area contributed by atoms with Gasteiger partial charge in [-0.2, -0.15) is 0 Å². The monoisotopic (exact) mass is 219 g/mol. The van der Waals surface area contributed by atoms with Crippen LogP contribution in [-0.2, 0) is 0 Å². The number of nitrogens with one attached hydrogen (secondary N) is 3. The predicted octanol–water partition coefficient (Wildman–Crippen LogP) is 1.66. The van der Waals surface area contributed by atoms with Gasteiger partial charge in [-0.25, -0.2) is 0 Å². The molecule has 1 heterocycles. The Morgan fingerprint density at radius 1 is 1.25 bits per heavy atom. The number of rotatable bonds is 2. The fourth-order valence-electron chi connectivity index (χ4n) is 1.73. The molecule has 16 heavy (non-hydrogen) atoms. The fourth-order valence-corrected chi connectivity index (χ4v) is 1.73. The molecule has 4 nitrogen and oxygen atoms in total. The summed E-state index contributed by atoms with van der Waals surface area (Å²) in [6.45, 7) is 5.72. The van der Waals surface area contributed by atoms with Crippen molar-refractivity contribution in [2.24, 2.45) is 0 Å². The van der Waals surface area contributed by atoms with Crippen LogP contribution in [-0.4, -0.2) is 25.0 Å². The molecule has 1 aromatic carbocycles. The molecule has 0 saturated carbocycles. The predicted molar refractivity (Wildman–Crippen MR) is 66.0 cm³/mol. The molecule has 1 aliphatic rings. The van der Waals surface area contributed by atoms with Gasteiger partial charge < -0.3 is 16.0 Å². The maximum absolute atomic E-state index is 11.8. The van der Waals surface area contributed by atoms with E-state index < -0.39 is 0 Å². The Hall–Kier alpha value is -1.71. The van der Waals surface area contributed by atoms with E-state index in [9.17, 15) is 4.79 Å². The third-order valence-corrected chi connectivity index (χ3v) is 2.46. The molecule has 4 heteroatoms. The van der Waals surface area contributed by atoms with Gasteiger partial charge in [-0.05, 0) is 32.0 Å². The van der Waals surface area contributed by atoms with Crippen LogP contribution in [0.5, 0.6) is 0 Å². The molecule has 0 atom stereocenters. The van der Waals surface area contributed by atoms with Crippen molar-refractivity contribution >= 4 is 17.3 Å². The maximum atomic E-state index is 11.8.